The number of anilines is 1. The maximum absolute atomic E-state index is 13.5. The number of hydrogen-bond acceptors (Lipinski definition) is 7. The van der Waals surface area contributed by atoms with Crippen molar-refractivity contribution in [3.63, 3.8) is 0 Å². The Bertz CT molecular complexity index is 1030. The minimum absolute atomic E-state index is 0.0511. The first-order valence-electron chi connectivity index (χ1n) is 10.1. The van der Waals surface area contributed by atoms with Crippen LogP contribution in [0.3, 0.4) is 0 Å². The number of aryl methyl sites for hydroxylation is 2. The molecule has 1 unspecified atom stereocenters. The minimum Gasteiger partial charge on any atom is -0.339 e. The van der Waals surface area contributed by atoms with Gasteiger partial charge in [0.1, 0.15) is 5.82 Å². The Morgan fingerprint density at radius 1 is 1.40 bits per heavy atom. The van der Waals surface area contributed by atoms with E-state index in [0.29, 0.717) is 35.5 Å². The molecule has 1 saturated heterocycles. The summed E-state index contributed by atoms with van der Waals surface area (Å²) in [5, 5.41) is 7.57. The van der Waals surface area contributed by atoms with Crippen LogP contribution in [0.1, 0.15) is 42.1 Å². The summed E-state index contributed by atoms with van der Waals surface area (Å²) in [6, 6.07) is 6.13. The number of aromatic nitrogens is 3. The monoisotopic (exact) mass is 429 g/mol. The lowest BCUT2D eigenvalue weighted by Crippen LogP contribution is -2.39. The van der Waals surface area contributed by atoms with E-state index in [1.165, 1.54) is 23.5 Å². The van der Waals surface area contributed by atoms with E-state index in [2.05, 4.69) is 32.3 Å². The van der Waals surface area contributed by atoms with E-state index in [1.54, 1.807) is 12.1 Å². The molecule has 0 aliphatic carbocycles. The molecule has 0 spiro atoms. The molecular formula is C21H24FN5O2S. The summed E-state index contributed by atoms with van der Waals surface area (Å²) in [6.07, 6.45) is 2.70. The second kappa shape index (κ2) is 9.01. The average Bonchev–Trinajstić information content (AvgIpc) is 3.35. The number of carbonyl (C=O) groups excluding carboxylic acids is 1. The van der Waals surface area contributed by atoms with Crippen LogP contribution in [0.15, 0.2) is 28.8 Å². The van der Waals surface area contributed by atoms with Gasteiger partial charge in [0.2, 0.25) is 17.6 Å². The molecule has 30 heavy (non-hydrogen) atoms. The molecule has 3 aromatic rings. The molecule has 2 aromatic heterocycles. The summed E-state index contributed by atoms with van der Waals surface area (Å²) in [5.74, 6) is 0.552. The van der Waals surface area contributed by atoms with Gasteiger partial charge in [-0.1, -0.05) is 24.2 Å². The van der Waals surface area contributed by atoms with Crippen LogP contribution in [0.4, 0.5) is 9.52 Å². The number of nitrogens with zero attached hydrogens (tertiary/aromatic N) is 4. The standard InChI is InChI=1S/C21H24FN5O2S/c1-3-17-13(2)30-21(23-17)24-18(28)12-27-9-5-7-15(11-27)20-25-19(26-29-20)14-6-4-8-16(22)10-14/h4,6,8,10,15H,3,5,7,9,11-12H2,1-2H3,(H,23,24,28). The van der Waals surface area contributed by atoms with Gasteiger partial charge in [-0.3, -0.25) is 9.69 Å². The fourth-order valence-corrected chi connectivity index (χ4v) is 4.64. The van der Waals surface area contributed by atoms with Gasteiger partial charge in [0, 0.05) is 17.0 Å². The molecule has 0 radical (unpaired) electrons. The van der Waals surface area contributed by atoms with Crippen LogP contribution in [-0.2, 0) is 11.2 Å². The molecule has 0 saturated carbocycles. The van der Waals surface area contributed by atoms with Gasteiger partial charge in [-0.2, -0.15) is 4.98 Å². The molecular weight excluding hydrogens is 405 g/mol. The molecule has 7 nitrogen and oxygen atoms in total. The summed E-state index contributed by atoms with van der Waals surface area (Å²) in [6.45, 7) is 5.87. The van der Waals surface area contributed by atoms with E-state index in [0.717, 1.165) is 36.4 Å². The first kappa shape index (κ1) is 20.6. The summed E-state index contributed by atoms with van der Waals surface area (Å²) >= 11 is 1.51. The Kier molecular flexibility index (Phi) is 6.19. The highest BCUT2D eigenvalue weighted by molar-refractivity contribution is 7.15. The second-order valence-corrected chi connectivity index (χ2v) is 8.67. The Morgan fingerprint density at radius 3 is 3.03 bits per heavy atom. The first-order valence-corrected chi connectivity index (χ1v) is 10.9. The zero-order chi connectivity index (χ0) is 21.1. The topological polar surface area (TPSA) is 84.2 Å². The van der Waals surface area contributed by atoms with Gasteiger partial charge in [0.25, 0.3) is 0 Å². The van der Waals surface area contributed by atoms with Crippen molar-refractivity contribution < 1.29 is 13.7 Å². The van der Waals surface area contributed by atoms with Gasteiger partial charge in [0.05, 0.1) is 18.2 Å². The van der Waals surface area contributed by atoms with Gasteiger partial charge in [-0.15, -0.1) is 11.3 Å². The van der Waals surface area contributed by atoms with Crippen molar-refractivity contribution in [2.24, 2.45) is 0 Å². The van der Waals surface area contributed by atoms with Crippen molar-refractivity contribution in [1.82, 2.24) is 20.0 Å². The van der Waals surface area contributed by atoms with Crippen LogP contribution in [-0.4, -0.2) is 45.6 Å². The summed E-state index contributed by atoms with van der Waals surface area (Å²) < 4.78 is 18.9. The maximum Gasteiger partial charge on any atom is 0.240 e. The quantitative estimate of drug-likeness (QED) is 0.637. The molecule has 1 amide bonds. The molecule has 3 heterocycles. The highest BCUT2D eigenvalue weighted by Crippen LogP contribution is 2.28. The van der Waals surface area contributed by atoms with E-state index in [1.807, 2.05) is 6.92 Å². The summed E-state index contributed by atoms with van der Waals surface area (Å²) in [7, 11) is 0. The van der Waals surface area contributed by atoms with E-state index >= 15 is 0 Å². The Labute approximate surface area is 178 Å². The fourth-order valence-electron chi connectivity index (χ4n) is 3.72. The van der Waals surface area contributed by atoms with E-state index < -0.39 is 0 Å². The number of halogens is 1. The summed E-state index contributed by atoms with van der Waals surface area (Å²) in [5.41, 5.74) is 1.61. The van der Waals surface area contributed by atoms with E-state index in [4.69, 9.17) is 4.52 Å². The number of carbonyl (C=O) groups is 1. The Morgan fingerprint density at radius 2 is 2.27 bits per heavy atom. The number of hydrogen-bond donors (Lipinski definition) is 1. The molecule has 1 aliphatic heterocycles. The largest absolute Gasteiger partial charge is 0.339 e. The lowest BCUT2D eigenvalue weighted by molar-refractivity contribution is -0.117. The number of likely N-dealkylation sites (tertiary alicyclic amines) is 1. The molecule has 1 atom stereocenters. The first-order chi connectivity index (χ1) is 14.5. The van der Waals surface area contributed by atoms with Crippen LogP contribution in [0, 0.1) is 12.7 Å². The van der Waals surface area contributed by atoms with Crippen LogP contribution >= 0.6 is 11.3 Å². The molecule has 158 valence electrons. The number of amides is 1. The average molecular weight is 430 g/mol. The maximum atomic E-state index is 13.5. The minimum atomic E-state index is -0.338. The third-order valence-corrected chi connectivity index (χ3v) is 6.15. The number of piperidine rings is 1. The van der Waals surface area contributed by atoms with Gasteiger partial charge in [0.15, 0.2) is 5.13 Å². The lowest BCUT2D eigenvalue weighted by Gasteiger charge is -2.30. The third kappa shape index (κ3) is 4.73. The molecule has 1 aliphatic rings. The van der Waals surface area contributed by atoms with Crippen LogP contribution in [0.2, 0.25) is 0 Å². The van der Waals surface area contributed by atoms with Gasteiger partial charge >= 0.3 is 0 Å². The molecule has 9 heteroatoms. The normalized spacial score (nSPS) is 17.2. The molecule has 4 rings (SSSR count). The number of thiazole rings is 1. The van der Waals surface area contributed by atoms with E-state index in [9.17, 15) is 9.18 Å². The Hall–Kier alpha value is -2.65. The molecule has 1 aromatic carbocycles. The SMILES string of the molecule is CCc1nc(NC(=O)CN2CCCC(c3nc(-c4cccc(F)c4)no3)C2)sc1C. The summed E-state index contributed by atoms with van der Waals surface area (Å²) in [4.78, 5) is 24.6. The van der Waals surface area contributed by atoms with Crippen molar-refractivity contribution in [1.29, 1.82) is 0 Å². The number of benzene rings is 1. The zero-order valence-corrected chi connectivity index (χ0v) is 17.8. The van der Waals surface area contributed by atoms with E-state index in [-0.39, 0.29) is 17.6 Å². The predicted molar refractivity (Wildman–Crippen MR) is 113 cm³/mol. The van der Waals surface area contributed by atoms with Crippen molar-refractivity contribution in [2.75, 3.05) is 25.0 Å². The highest BCUT2D eigenvalue weighted by Gasteiger charge is 2.27. The number of rotatable bonds is 6. The Balaban J connectivity index is 1.37. The van der Waals surface area contributed by atoms with Crippen LogP contribution in [0.25, 0.3) is 11.4 Å². The van der Waals surface area contributed by atoms with Crippen molar-refractivity contribution in [3.8, 4) is 11.4 Å². The smallest absolute Gasteiger partial charge is 0.240 e. The molecule has 1 fully saturated rings. The second-order valence-electron chi connectivity index (χ2n) is 7.46. The van der Waals surface area contributed by atoms with Crippen molar-refractivity contribution in [2.45, 2.75) is 39.0 Å². The van der Waals surface area contributed by atoms with Gasteiger partial charge < -0.3 is 9.84 Å². The van der Waals surface area contributed by atoms with Crippen molar-refractivity contribution in [3.05, 3.63) is 46.5 Å². The highest BCUT2D eigenvalue weighted by atomic mass is 32.1. The predicted octanol–water partition coefficient (Wildman–Crippen LogP) is 4.02. The zero-order valence-electron chi connectivity index (χ0n) is 17.0. The van der Waals surface area contributed by atoms with Gasteiger partial charge in [-0.05, 0) is 44.9 Å². The lowest BCUT2D eigenvalue weighted by atomic mass is 9.98. The van der Waals surface area contributed by atoms with Gasteiger partial charge in [-0.25, -0.2) is 9.37 Å². The molecule has 0 bridgehead atoms. The van der Waals surface area contributed by atoms with Crippen molar-refractivity contribution >= 4 is 22.4 Å². The fraction of sp³-hybridized carbons (Fsp3) is 0.429. The number of nitrogens with one attached hydrogen (secondary N) is 1. The van der Waals surface area contributed by atoms with Crippen LogP contribution < -0.4 is 5.32 Å². The third-order valence-electron chi connectivity index (χ3n) is 5.22. The van der Waals surface area contributed by atoms with Crippen LogP contribution in [0.5, 0.6) is 0 Å². The molecule has 1 N–H and O–H groups in total.